The second-order valence-electron chi connectivity index (χ2n) is 17.5. The number of nitrogens with zero attached hydrogens (tertiary/aromatic N) is 1. The van der Waals surface area contributed by atoms with E-state index in [-0.39, 0.29) is 18.0 Å². The first-order chi connectivity index (χ1) is 28.8. The average Bonchev–Trinajstić information content (AvgIpc) is 3.23. The van der Waals surface area contributed by atoms with Crippen molar-refractivity contribution in [2.45, 2.75) is 239 Å². The fourth-order valence-corrected chi connectivity index (χ4v) is 8.24. The third-order valence-corrected chi connectivity index (χ3v) is 12.1. The molecule has 0 saturated heterocycles. The second-order valence-corrected chi connectivity index (χ2v) is 17.5. The Kier molecular flexibility index (Phi) is 35.6. The Morgan fingerprint density at radius 1 is 0.508 bits per heavy atom. The summed E-state index contributed by atoms with van der Waals surface area (Å²) in [5.41, 5.74) is -0.0614. The van der Waals surface area contributed by atoms with Crippen LogP contribution >= 0.6 is 0 Å². The minimum atomic E-state index is -0.440. The zero-order chi connectivity index (χ0) is 43.2. The highest BCUT2D eigenvalue weighted by molar-refractivity contribution is 5.73. The van der Waals surface area contributed by atoms with Gasteiger partial charge in [0.1, 0.15) is 17.5 Å². The van der Waals surface area contributed by atoms with Gasteiger partial charge in [0.2, 0.25) is 0 Å². The van der Waals surface area contributed by atoms with Crippen LogP contribution in [0.2, 0.25) is 0 Å². The average molecular weight is 832 g/mol. The SMILES string of the molecule is CCCCCCCC(CCCCC)OC(=O)CCCCCCCN(CCCCCCCC(=O)OCCC(CCCCC)CCCCC)CCCNc1c(NC)c(=O)c1=O. The molecule has 0 aliphatic rings. The zero-order valence-corrected chi connectivity index (χ0v) is 39.2. The highest BCUT2D eigenvalue weighted by Crippen LogP contribution is 2.22. The summed E-state index contributed by atoms with van der Waals surface area (Å²) in [6.07, 6.45) is 35.7. The Morgan fingerprint density at radius 3 is 1.53 bits per heavy atom. The van der Waals surface area contributed by atoms with E-state index in [1.807, 2.05) is 0 Å². The number of carbonyl (C=O) groups is 2. The van der Waals surface area contributed by atoms with Gasteiger partial charge in [-0.3, -0.25) is 19.2 Å². The Hall–Kier alpha value is -2.42. The Morgan fingerprint density at radius 2 is 0.949 bits per heavy atom. The fourth-order valence-electron chi connectivity index (χ4n) is 8.24. The summed E-state index contributed by atoms with van der Waals surface area (Å²) in [6, 6.07) is 0. The van der Waals surface area contributed by atoms with E-state index in [0.717, 1.165) is 122 Å². The molecule has 0 amide bonds. The lowest BCUT2D eigenvalue weighted by Crippen LogP contribution is -2.37. The molecule has 344 valence electrons. The first-order valence-electron chi connectivity index (χ1n) is 25.1. The van der Waals surface area contributed by atoms with Gasteiger partial charge in [0.25, 0.3) is 10.9 Å². The molecule has 0 aromatic heterocycles. The van der Waals surface area contributed by atoms with E-state index in [1.54, 1.807) is 7.05 Å². The Bertz CT molecular complexity index is 1200. The Balaban J connectivity index is 2.39. The maximum atomic E-state index is 12.7. The van der Waals surface area contributed by atoms with Gasteiger partial charge >= 0.3 is 11.9 Å². The van der Waals surface area contributed by atoms with Crippen molar-refractivity contribution >= 4 is 23.3 Å². The summed E-state index contributed by atoms with van der Waals surface area (Å²) in [5.74, 6) is 0.638. The molecular weight excluding hydrogens is 739 g/mol. The molecule has 9 heteroatoms. The molecule has 0 aliphatic carbocycles. The fraction of sp³-hybridized carbons (Fsp3) is 0.880. The van der Waals surface area contributed by atoms with Crippen LogP contribution in [0.1, 0.15) is 233 Å². The third-order valence-electron chi connectivity index (χ3n) is 12.1. The number of ether oxygens (including phenoxy) is 2. The lowest BCUT2D eigenvalue weighted by molar-refractivity contribution is -0.150. The van der Waals surface area contributed by atoms with Crippen molar-refractivity contribution in [2.75, 3.05) is 50.5 Å². The number of carbonyl (C=O) groups excluding carboxylic acids is 2. The van der Waals surface area contributed by atoms with Gasteiger partial charge in [-0.25, -0.2) is 0 Å². The number of rotatable bonds is 44. The molecule has 1 aromatic carbocycles. The van der Waals surface area contributed by atoms with Gasteiger partial charge in [0.15, 0.2) is 0 Å². The van der Waals surface area contributed by atoms with E-state index >= 15 is 0 Å². The van der Waals surface area contributed by atoms with Crippen LogP contribution in [0.15, 0.2) is 9.59 Å². The molecule has 1 rings (SSSR count). The first kappa shape index (κ1) is 54.6. The van der Waals surface area contributed by atoms with Crippen LogP contribution in [0.25, 0.3) is 0 Å². The third kappa shape index (κ3) is 28.7. The molecule has 0 saturated carbocycles. The predicted molar refractivity (Wildman–Crippen MR) is 251 cm³/mol. The van der Waals surface area contributed by atoms with Crippen molar-refractivity contribution in [2.24, 2.45) is 5.92 Å². The number of hydrogen-bond acceptors (Lipinski definition) is 9. The normalized spacial score (nSPS) is 12.1. The monoisotopic (exact) mass is 832 g/mol. The summed E-state index contributed by atoms with van der Waals surface area (Å²) < 4.78 is 11.6. The van der Waals surface area contributed by atoms with E-state index in [1.165, 1.54) is 89.9 Å². The predicted octanol–water partition coefficient (Wildman–Crippen LogP) is 12.7. The minimum Gasteiger partial charge on any atom is -0.466 e. The summed E-state index contributed by atoms with van der Waals surface area (Å²) >= 11 is 0. The summed E-state index contributed by atoms with van der Waals surface area (Å²) in [7, 11) is 1.67. The smallest absolute Gasteiger partial charge is 0.306 e. The summed E-state index contributed by atoms with van der Waals surface area (Å²) in [4.78, 5) is 51.4. The van der Waals surface area contributed by atoms with Crippen LogP contribution in [0, 0.1) is 5.92 Å². The summed E-state index contributed by atoms with van der Waals surface area (Å²) in [6.45, 7) is 13.2. The van der Waals surface area contributed by atoms with Crippen LogP contribution < -0.4 is 21.5 Å². The number of unbranched alkanes of at least 4 members (excludes halogenated alkanes) is 18. The topological polar surface area (TPSA) is 114 Å². The molecule has 0 heterocycles. The van der Waals surface area contributed by atoms with Crippen LogP contribution in [0.5, 0.6) is 0 Å². The van der Waals surface area contributed by atoms with Crippen molar-refractivity contribution in [1.29, 1.82) is 0 Å². The number of anilines is 2. The molecule has 0 aliphatic heterocycles. The molecule has 2 N–H and O–H groups in total. The standard InChI is InChI=1S/C50H93N3O6/c1-6-10-14-17-25-34-44(33-24-13-9-4)59-46(55)36-27-19-16-21-29-40-53(41-30-38-52-48-47(51-5)49(56)50(48)57)39-28-20-15-18-26-35-45(54)58-42-37-43(31-22-11-7-2)32-23-12-8-3/h43-44,51-52H,6-42H2,1-5H3. The molecule has 59 heavy (non-hydrogen) atoms. The van der Waals surface area contributed by atoms with Gasteiger partial charge in [-0.1, -0.05) is 156 Å². The number of hydrogen-bond donors (Lipinski definition) is 2. The van der Waals surface area contributed by atoms with Gasteiger partial charge in [0.05, 0.1) is 6.61 Å². The van der Waals surface area contributed by atoms with Crippen LogP contribution in [-0.2, 0) is 19.1 Å². The minimum absolute atomic E-state index is 0.0139. The largest absolute Gasteiger partial charge is 0.466 e. The molecule has 1 unspecified atom stereocenters. The van der Waals surface area contributed by atoms with Crippen LogP contribution in [0.4, 0.5) is 11.4 Å². The van der Waals surface area contributed by atoms with Crippen LogP contribution in [-0.4, -0.2) is 62.8 Å². The number of nitrogens with one attached hydrogen (secondary N) is 2. The van der Waals surface area contributed by atoms with Crippen molar-refractivity contribution in [1.82, 2.24) is 4.90 Å². The highest BCUT2D eigenvalue weighted by Gasteiger charge is 2.19. The molecule has 0 bridgehead atoms. The van der Waals surface area contributed by atoms with Crippen molar-refractivity contribution in [3.8, 4) is 0 Å². The molecule has 0 fully saturated rings. The second kappa shape index (κ2) is 38.5. The summed E-state index contributed by atoms with van der Waals surface area (Å²) in [5, 5.41) is 6.01. The van der Waals surface area contributed by atoms with E-state index in [4.69, 9.17) is 9.47 Å². The van der Waals surface area contributed by atoms with Crippen molar-refractivity contribution < 1.29 is 19.1 Å². The maximum absolute atomic E-state index is 12.7. The molecule has 1 aromatic rings. The quantitative estimate of drug-likeness (QED) is 0.0377. The molecule has 9 nitrogen and oxygen atoms in total. The Labute approximate surface area is 362 Å². The highest BCUT2D eigenvalue weighted by atomic mass is 16.5. The molecule has 0 radical (unpaired) electrons. The lowest BCUT2D eigenvalue weighted by atomic mass is 9.92. The molecule has 0 spiro atoms. The van der Waals surface area contributed by atoms with Gasteiger partial charge in [-0.05, 0) is 89.8 Å². The lowest BCUT2D eigenvalue weighted by Gasteiger charge is -2.23. The zero-order valence-electron chi connectivity index (χ0n) is 39.2. The van der Waals surface area contributed by atoms with E-state index in [2.05, 4.69) is 43.2 Å². The molecule has 1 atom stereocenters. The van der Waals surface area contributed by atoms with Gasteiger partial charge < -0.3 is 25.0 Å². The first-order valence-corrected chi connectivity index (χ1v) is 25.1. The van der Waals surface area contributed by atoms with Crippen molar-refractivity contribution in [3.05, 3.63) is 20.4 Å². The van der Waals surface area contributed by atoms with E-state index in [0.29, 0.717) is 43.3 Å². The molecular formula is C50H93N3O6. The van der Waals surface area contributed by atoms with Crippen LogP contribution in [0.3, 0.4) is 0 Å². The van der Waals surface area contributed by atoms with E-state index in [9.17, 15) is 19.2 Å². The van der Waals surface area contributed by atoms with Gasteiger partial charge in [0, 0.05) is 26.4 Å². The van der Waals surface area contributed by atoms with Crippen molar-refractivity contribution in [3.63, 3.8) is 0 Å². The van der Waals surface area contributed by atoms with Gasteiger partial charge in [-0.2, -0.15) is 0 Å². The number of esters is 2. The van der Waals surface area contributed by atoms with E-state index < -0.39 is 10.9 Å². The maximum Gasteiger partial charge on any atom is 0.306 e. The van der Waals surface area contributed by atoms with Gasteiger partial charge in [-0.15, -0.1) is 0 Å².